The van der Waals surface area contributed by atoms with Gasteiger partial charge in [-0.05, 0) is 43.5 Å². The molecule has 160 valence electrons. The molecule has 3 aromatic rings. The molecule has 1 saturated heterocycles. The number of aromatic nitrogens is 2. The lowest BCUT2D eigenvalue weighted by Gasteiger charge is -2.35. The first kappa shape index (κ1) is 21.0. The van der Waals surface area contributed by atoms with Gasteiger partial charge in [0.25, 0.3) is 0 Å². The number of hydrogen-bond acceptors (Lipinski definition) is 4. The van der Waals surface area contributed by atoms with Crippen LogP contribution in [0.5, 0.6) is 0 Å². The Balaban J connectivity index is 1.47. The molecule has 0 aliphatic carbocycles. The maximum atomic E-state index is 13.5. The van der Waals surface area contributed by atoms with Crippen molar-refractivity contribution in [3.05, 3.63) is 72.8 Å². The molecule has 1 amide bonds. The number of hydrogen-bond donors (Lipinski definition) is 0. The second kappa shape index (κ2) is 10.2. The monoisotopic (exact) mass is 414 g/mol. The summed E-state index contributed by atoms with van der Waals surface area (Å²) >= 11 is 0. The second-order valence-electron chi connectivity index (χ2n) is 8.11. The van der Waals surface area contributed by atoms with Gasteiger partial charge in [-0.2, -0.15) is 0 Å². The normalized spacial score (nSPS) is 16.2. The summed E-state index contributed by atoms with van der Waals surface area (Å²) in [6, 6.07) is 24.2. The second-order valence-corrected chi connectivity index (χ2v) is 8.11. The molecule has 1 fully saturated rings. The molecule has 4 rings (SSSR count). The van der Waals surface area contributed by atoms with E-state index in [1.165, 1.54) is 0 Å². The van der Waals surface area contributed by atoms with Crippen LogP contribution in [0.4, 0.5) is 11.5 Å². The minimum Gasteiger partial charge on any atom is -0.354 e. The van der Waals surface area contributed by atoms with Gasteiger partial charge < -0.3 is 9.80 Å². The Kier molecular flexibility index (Phi) is 6.92. The Morgan fingerprint density at radius 2 is 1.74 bits per heavy atom. The van der Waals surface area contributed by atoms with Crippen molar-refractivity contribution < 1.29 is 4.79 Å². The number of benzene rings is 2. The Bertz CT molecular complexity index is 960. The van der Waals surface area contributed by atoms with Gasteiger partial charge in [-0.15, -0.1) is 10.2 Å². The van der Waals surface area contributed by atoms with E-state index in [-0.39, 0.29) is 11.8 Å². The number of carbonyl (C=O) groups is 1. The summed E-state index contributed by atoms with van der Waals surface area (Å²) < 4.78 is 0. The van der Waals surface area contributed by atoms with Gasteiger partial charge in [0.2, 0.25) is 5.91 Å². The highest BCUT2D eigenvalue weighted by atomic mass is 16.2. The Morgan fingerprint density at radius 1 is 1.00 bits per heavy atom. The van der Waals surface area contributed by atoms with Crippen LogP contribution in [-0.2, 0) is 4.79 Å². The molecule has 0 spiro atoms. The molecule has 1 unspecified atom stereocenters. The van der Waals surface area contributed by atoms with Gasteiger partial charge in [-0.25, -0.2) is 0 Å². The molecule has 0 bridgehead atoms. The third-order valence-electron chi connectivity index (χ3n) is 5.88. The highest BCUT2D eigenvalue weighted by Crippen LogP contribution is 2.26. The molecule has 1 atom stereocenters. The van der Waals surface area contributed by atoms with Crippen LogP contribution < -0.4 is 9.80 Å². The summed E-state index contributed by atoms with van der Waals surface area (Å²) in [5.74, 6) is 1.04. The van der Waals surface area contributed by atoms with Gasteiger partial charge in [0.15, 0.2) is 5.82 Å². The molecule has 0 N–H and O–H groups in total. The van der Waals surface area contributed by atoms with Crippen molar-refractivity contribution in [2.75, 3.05) is 29.4 Å². The number of para-hydroxylation sites is 1. The van der Waals surface area contributed by atoms with E-state index in [4.69, 9.17) is 0 Å². The minimum atomic E-state index is -0.0265. The average Bonchev–Trinajstić information content (AvgIpc) is 2.85. The lowest BCUT2D eigenvalue weighted by molar-refractivity contribution is -0.122. The van der Waals surface area contributed by atoms with E-state index in [0.717, 1.165) is 61.5 Å². The molecule has 1 aromatic heterocycles. The fraction of sp³-hybridized carbons (Fsp3) is 0.346. The third kappa shape index (κ3) is 5.10. The molecule has 5 heteroatoms. The summed E-state index contributed by atoms with van der Waals surface area (Å²) in [5, 5.41) is 8.91. The Labute approximate surface area is 184 Å². The van der Waals surface area contributed by atoms with Crippen LogP contribution in [0.25, 0.3) is 11.3 Å². The van der Waals surface area contributed by atoms with Crippen molar-refractivity contribution in [1.82, 2.24) is 10.2 Å². The highest BCUT2D eigenvalue weighted by molar-refractivity contribution is 5.95. The molecular weight excluding hydrogens is 384 g/mol. The van der Waals surface area contributed by atoms with Crippen LogP contribution in [-0.4, -0.2) is 35.7 Å². The van der Waals surface area contributed by atoms with Gasteiger partial charge in [-0.3, -0.25) is 4.79 Å². The molecule has 1 aliphatic rings. The van der Waals surface area contributed by atoms with Crippen molar-refractivity contribution in [2.45, 2.75) is 32.6 Å². The quantitative estimate of drug-likeness (QED) is 0.534. The number of unbranched alkanes of at least 4 members (excludes halogenated alkanes) is 1. The third-order valence-corrected chi connectivity index (χ3v) is 5.88. The number of nitrogens with zero attached hydrogens (tertiary/aromatic N) is 4. The Hall–Kier alpha value is -3.21. The van der Waals surface area contributed by atoms with E-state index >= 15 is 0 Å². The predicted octanol–water partition coefficient (Wildman–Crippen LogP) is 5.19. The molecule has 1 aliphatic heterocycles. The van der Waals surface area contributed by atoms with Crippen molar-refractivity contribution in [2.24, 2.45) is 5.92 Å². The molecular formula is C26H30N4O. The van der Waals surface area contributed by atoms with Crippen LogP contribution in [0.1, 0.15) is 32.6 Å². The minimum absolute atomic E-state index is 0.0265. The topological polar surface area (TPSA) is 49.3 Å². The maximum Gasteiger partial charge on any atom is 0.231 e. The van der Waals surface area contributed by atoms with E-state index < -0.39 is 0 Å². The van der Waals surface area contributed by atoms with Crippen LogP contribution in [0.2, 0.25) is 0 Å². The van der Waals surface area contributed by atoms with E-state index in [1.54, 1.807) is 0 Å². The number of piperidine rings is 1. The van der Waals surface area contributed by atoms with Gasteiger partial charge in [-0.1, -0.05) is 61.9 Å². The largest absolute Gasteiger partial charge is 0.354 e. The van der Waals surface area contributed by atoms with Gasteiger partial charge in [0.1, 0.15) is 0 Å². The van der Waals surface area contributed by atoms with Crippen molar-refractivity contribution in [3.8, 4) is 11.3 Å². The van der Waals surface area contributed by atoms with Crippen LogP contribution >= 0.6 is 0 Å². The van der Waals surface area contributed by atoms with Crippen molar-refractivity contribution in [3.63, 3.8) is 0 Å². The number of rotatable bonds is 7. The molecule has 0 radical (unpaired) electrons. The summed E-state index contributed by atoms with van der Waals surface area (Å²) in [6.07, 6.45) is 3.97. The molecule has 5 nitrogen and oxygen atoms in total. The average molecular weight is 415 g/mol. The van der Waals surface area contributed by atoms with Gasteiger partial charge in [0.05, 0.1) is 11.6 Å². The van der Waals surface area contributed by atoms with E-state index in [1.807, 2.05) is 77.7 Å². The van der Waals surface area contributed by atoms with Gasteiger partial charge in [0, 0.05) is 30.9 Å². The van der Waals surface area contributed by atoms with Crippen LogP contribution in [0.15, 0.2) is 72.8 Å². The molecule has 31 heavy (non-hydrogen) atoms. The lowest BCUT2D eigenvalue weighted by Crippen LogP contribution is -2.45. The first-order valence-electron chi connectivity index (χ1n) is 11.3. The van der Waals surface area contributed by atoms with Crippen molar-refractivity contribution >= 4 is 17.4 Å². The first-order chi connectivity index (χ1) is 15.3. The zero-order valence-corrected chi connectivity index (χ0v) is 18.2. The molecule has 0 saturated carbocycles. The van der Waals surface area contributed by atoms with E-state index in [0.29, 0.717) is 6.54 Å². The smallest absolute Gasteiger partial charge is 0.231 e. The van der Waals surface area contributed by atoms with Crippen molar-refractivity contribution in [1.29, 1.82) is 0 Å². The zero-order valence-electron chi connectivity index (χ0n) is 18.2. The predicted molar refractivity (Wildman–Crippen MR) is 126 cm³/mol. The van der Waals surface area contributed by atoms with Crippen LogP contribution in [0.3, 0.4) is 0 Å². The summed E-state index contributed by atoms with van der Waals surface area (Å²) in [4.78, 5) is 17.7. The molecule has 2 aromatic carbocycles. The fourth-order valence-corrected chi connectivity index (χ4v) is 4.15. The summed E-state index contributed by atoms with van der Waals surface area (Å²) in [6.45, 7) is 4.52. The van der Waals surface area contributed by atoms with Gasteiger partial charge >= 0.3 is 0 Å². The van der Waals surface area contributed by atoms with E-state index in [2.05, 4.69) is 22.0 Å². The number of anilines is 2. The lowest BCUT2D eigenvalue weighted by atomic mass is 9.96. The standard InChI is InChI=1S/C26H30N4O/c1-2-3-19-30(23-14-8-5-9-15-23)26(31)22-13-10-18-29(20-22)25-17-16-24(27-28-25)21-11-6-4-7-12-21/h4-9,11-12,14-17,22H,2-3,10,13,18-20H2,1H3. The van der Waals surface area contributed by atoms with Crippen LogP contribution in [0, 0.1) is 5.92 Å². The molecule has 2 heterocycles. The maximum absolute atomic E-state index is 13.5. The summed E-state index contributed by atoms with van der Waals surface area (Å²) in [5.41, 5.74) is 2.91. The zero-order chi connectivity index (χ0) is 21.5. The SMILES string of the molecule is CCCCN(C(=O)C1CCCN(c2ccc(-c3ccccc3)nn2)C1)c1ccccc1. The highest BCUT2D eigenvalue weighted by Gasteiger charge is 2.30. The summed E-state index contributed by atoms with van der Waals surface area (Å²) in [7, 11) is 0. The first-order valence-corrected chi connectivity index (χ1v) is 11.3. The Morgan fingerprint density at radius 3 is 2.42 bits per heavy atom. The van der Waals surface area contributed by atoms with E-state index in [9.17, 15) is 4.79 Å². The fourth-order valence-electron chi connectivity index (χ4n) is 4.15. The number of amides is 1. The number of carbonyl (C=O) groups excluding carboxylic acids is 1.